The molecule has 0 N–H and O–H groups in total. The van der Waals surface area contributed by atoms with Crippen LogP contribution < -0.4 is 0 Å². The van der Waals surface area contributed by atoms with E-state index < -0.39 is 0 Å². The number of carbonyl (C=O) groups is 1. The fourth-order valence-electron chi connectivity index (χ4n) is 1.30. The van der Waals surface area contributed by atoms with E-state index in [-0.39, 0.29) is 11.9 Å². The van der Waals surface area contributed by atoms with Gasteiger partial charge in [-0.25, -0.2) is 0 Å². The van der Waals surface area contributed by atoms with Gasteiger partial charge in [-0.1, -0.05) is 35.9 Å². The number of carbonyl (C=O) groups excluding carboxylic acids is 1. The number of hydrogen-bond donors (Lipinski definition) is 0. The Morgan fingerprint density at radius 3 is 3.07 bits per heavy atom. The fraction of sp³-hybridized carbons (Fsp3) is 0.364. The summed E-state index contributed by atoms with van der Waals surface area (Å²) in [4.78, 5) is 11.2. The average Bonchev–Trinajstić information content (AvgIpc) is 2.19. The quantitative estimate of drug-likeness (QED) is 0.673. The fourth-order valence-corrected chi connectivity index (χ4v) is 1.54. The van der Waals surface area contributed by atoms with Crippen molar-refractivity contribution in [1.82, 2.24) is 0 Å². The van der Waals surface area contributed by atoms with Gasteiger partial charge >= 0.3 is 5.97 Å². The van der Waals surface area contributed by atoms with Gasteiger partial charge in [0.1, 0.15) is 0 Å². The summed E-state index contributed by atoms with van der Waals surface area (Å²) >= 11 is 5.64. The normalized spacial score (nSPS) is 22.7. The van der Waals surface area contributed by atoms with Crippen molar-refractivity contribution < 1.29 is 9.53 Å². The largest absolute Gasteiger partial charge is 0.466 e. The summed E-state index contributed by atoms with van der Waals surface area (Å²) in [6.45, 7) is 2.22. The predicted molar refractivity (Wildman–Crippen MR) is 57.0 cm³/mol. The second kappa shape index (κ2) is 5.66. The van der Waals surface area contributed by atoms with Crippen molar-refractivity contribution in [3.63, 3.8) is 0 Å². The first-order chi connectivity index (χ1) is 6.77. The zero-order valence-electron chi connectivity index (χ0n) is 8.07. The van der Waals surface area contributed by atoms with Gasteiger partial charge < -0.3 is 4.74 Å². The summed E-state index contributed by atoms with van der Waals surface area (Å²) in [5, 5.41) is 0. The van der Waals surface area contributed by atoms with E-state index in [1.165, 1.54) is 5.54 Å². The van der Waals surface area contributed by atoms with Crippen LogP contribution in [0.2, 0.25) is 0 Å². The van der Waals surface area contributed by atoms with Gasteiger partial charge in [-0.15, -0.1) is 0 Å². The summed E-state index contributed by atoms with van der Waals surface area (Å²) in [5.74, 6) is -0.134. The van der Waals surface area contributed by atoms with Crippen molar-refractivity contribution in [1.29, 1.82) is 0 Å². The molecule has 1 aliphatic rings. The second-order valence-corrected chi connectivity index (χ2v) is 3.19. The number of allylic oxidation sites excluding steroid dienone is 5. The molecular formula is C11H13ClO2. The molecule has 0 radical (unpaired) electrons. The zero-order chi connectivity index (χ0) is 10.4. The van der Waals surface area contributed by atoms with Crippen LogP contribution in [-0.2, 0) is 9.53 Å². The molecule has 0 aromatic heterocycles. The molecule has 0 saturated heterocycles. The van der Waals surface area contributed by atoms with E-state index >= 15 is 0 Å². The van der Waals surface area contributed by atoms with Gasteiger partial charge in [-0.3, -0.25) is 4.79 Å². The number of rotatable bonds is 3. The highest BCUT2D eigenvalue weighted by Crippen LogP contribution is 2.23. The van der Waals surface area contributed by atoms with Gasteiger partial charge in [0.15, 0.2) is 0 Å². The molecule has 0 spiro atoms. The SMILES string of the molecule is CCOC(=O)CC1C=CC=C/C1=C\Cl. The molecule has 1 aliphatic carbocycles. The van der Waals surface area contributed by atoms with Crippen LogP contribution in [0.3, 0.4) is 0 Å². The Morgan fingerprint density at radius 1 is 1.64 bits per heavy atom. The summed E-state index contributed by atoms with van der Waals surface area (Å²) in [6.07, 6.45) is 8.01. The van der Waals surface area contributed by atoms with Gasteiger partial charge in [0.25, 0.3) is 0 Å². The van der Waals surface area contributed by atoms with Gasteiger partial charge in [0.2, 0.25) is 0 Å². The van der Waals surface area contributed by atoms with E-state index in [1.807, 2.05) is 24.3 Å². The lowest BCUT2D eigenvalue weighted by Gasteiger charge is -2.14. The first kappa shape index (κ1) is 11.1. The zero-order valence-corrected chi connectivity index (χ0v) is 8.83. The maximum atomic E-state index is 11.2. The Bertz CT molecular complexity index is 290. The van der Waals surface area contributed by atoms with E-state index in [2.05, 4.69) is 0 Å². The van der Waals surface area contributed by atoms with E-state index in [4.69, 9.17) is 16.3 Å². The Kier molecular flexibility index (Phi) is 4.47. The topological polar surface area (TPSA) is 26.3 Å². The van der Waals surface area contributed by atoms with E-state index in [9.17, 15) is 4.79 Å². The van der Waals surface area contributed by atoms with Crippen LogP contribution >= 0.6 is 11.6 Å². The Labute approximate surface area is 88.9 Å². The van der Waals surface area contributed by atoms with Crippen molar-refractivity contribution in [2.24, 2.45) is 5.92 Å². The molecule has 0 saturated carbocycles. The molecule has 0 aromatic rings. The van der Waals surface area contributed by atoms with Crippen LogP contribution in [0.25, 0.3) is 0 Å². The standard InChI is InChI=1S/C11H13ClO2/c1-2-14-11(13)7-9-5-3-4-6-10(9)8-12/h3-6,8-9H,2,7H2,1H3/b10-8+. The number of esters is 1. The van der Waals surface area contributed by atoms with Gasteiger partial charge in [-0.05, 0) is 12.5 Å². The Balaban J connectivity index is 2.55. The average molecular weight is 213 g/mol. The molecule has 2 nitrogen and oxygen atoms in total. The summed E-state index contributed by atoms with van der Waals surface area (Å²) in [7, 11) is 0. The lowest BCUT2D eigenvalue weighted by atomic mass is 9.93. The maximum Gasteiger partial charge on any atom is 0.306 e. The van der Waals surface area contributed by atoms with Crippen molar-refractivity contribution in [3.05, 3.63) is 35.4 Å². The highest BCUT2D eigenvalue weighted by molar-refractivity contribution is 6.25. The molecule has 76 valence electrons. The molecule has 1 rings (SSSR count). The van der Waals surface area contributed by atoms with Gasteiger partial charge in [0, 0.05) is 11.5 Å². The van der Waals surface area contributed by atoms with E-state index in [0.717, 1.165) is 5.57 Å². The van der Waals surface area contributed by atoms with Crippen molar-refractivity contribution in [2.75, 3.05) is 6.61 Å². The lowest BCUT2D eigenvalue weighted by Crippen LogP contribution is -2.12. The third-order valence-electron chi connectivity index (χ3n) is 1.99. The van der Waals surface area contributed by atoms with Crippen molar-refractivity contribution in [2.45, 2.75) is 13.3 Å². The van der Waals surface area contributed by atoms with Crippen molar-refractivity contribution >= 4 is 17.6 Å². The van der Waals surface area contributed by atoms with Gasteiger partial charge in [0.05, 0.1) is 13.0 Å². The molecule has 0 heterocycles. The minimum atomic E-state index is -0.187. The first-order valence-electron chi connectivity index (χ1n) is 4.58. The molecule has 3 heteroatoms. The minimum absolute atomic E-state index is 0.0524. The smallest absolute Gasteiger partial charge is 0.306 e. The monoisotopic (exact) mass is 212 g/mol. The van der Waals surface area contributed by atoms with E-state index in [1.54, 1.807) is 6.92 Å². The van der Waals surface area contributed by atoms with Crippen LogP contribution in [0.5, 0.6) is 0 Å². The molecule has 0 fully saturated rings. The molecule has 1 atom stereocenters. The minimum Gasteiger partial charge on any atom is -0.466 e. The Morgan fingerprint density at radius 2 is 2.43 bits per heavy atom. The van der Waals surface area contributed by atoms with Crippen LogP contribution in [0.15, 0.2) is 35.4 Å². The highest BCUT2D eigenvalue weighted by Gasteiger charge is 2.15. The third kappa shape index (κ3) is 3.04. The summed E-state index contributed by atoms with van der Waals surface area (Å²) in [6, 6.07) is 0. The molecule has 14 heavy (non-hydrogen) atoms. The molecule has 1 unspecified atom stereocenters. The van der Waals surface area contributed by atoms with Crippen LogP contribution in [-0.4, -0.2) is 12.6 Å². The van der Waals surface area contributed by atoms with Gasteiger partial charge in [-0.2, -0.15) is 0 Å². The molecule has 0 bridgehead atoms. The molecule has 0 amide bonds. The summed E-state index contributed by atoms with van der Waals surface area (Å²) < 4.78 is 4.87. The van der Waals surface area contributed by atoms with Crippen LogP contribution in [0.1, 0.15) is 13.3 Å². The highest BCUT2D eigenvalue weighted by atomic mass is 35.5. The van der Waals surface area contributed by atoms with Crippen LogP contribution in [0.4, 0.5) is 0 Å². The van der Waals surface area contributed by atoms with Crippen LogP contribution in [0, 0.1) is 5.92 Å². The predicted octanol–water partition coefficient (Wildman–Crippen LogP) is 2.80. The lowest BCUT2D eigenvalue weighted by molar-refractivity contribution is -0.143. The summed E-state index contributed by atoms with van der Waals surface area (Å²) in [5.41, 5.74) is 2.45. The van der Waals surface area contributed by atoms with E-state index in [0.29, 0.717) is 13.0 Å². The third-order valence-corrected chi connectivity index (χ3v) is 2.24. The Hall–Kier alpha value is -1.02. The molecule has 0 aromatic carbocycles. The number of halogens is 1. The maximum absolute atomic E-state index is 11.2. The number of ether oxygens (including phenoxy) is 1. The number of hydrogen-bond acceptors (Lipinski definition) is 2. The molecular weight excluding hydrogens is 200 g/mol. The first-order valence-corrected chi connectivity index (χ1v) is 5.02. The molecule has 0 aliphatic heterocycles. The van der Waals surface area contributed by atoms with Crippen molar-refractivity contribution in [3.8, 4) is 0 Å². The second-order valence-electron chi connectivity index (χ2n) is 2.97.